The van der Waals surface area contributed by atoms with E-state index in [9.17, 15) is 9.59 Å². The third-order valence-electron chi connectivity index (χ3n) is 4.79. The largest absolute Gasteiger partial charge is 0.377 e. The van der Waals surface area contributed by atoms with Gasteiger partial charge < -0.3 is 15.4 Å². The second-order valence-corrected chi connectivity index (χ2v) is 7.03. The van der Waals surface area contributed by atoms with Gasteiger partial charge in [0.2, 0.25) is 5.91 Å². The second-order valence-electron chi connectivity index (χ2n) is 7.03. The monoisotopic (exact) mass is 366 g/mol. The van der Waals surface area contributed by atoms with Crippen molar-refractivity contribution in [3.8, 4) is 0 Å². The molecule has 27 heavy (non-hydrogen) atoms. The van der Waals surface area contributed by atoms with Crippen LogP contribution in [0.1, 0.15) is 41.8 Å². The van der Waals surface area contributed by atoms with E-state index in [4.69, 9.17) is 4.74 Å². The molecule has 2 atom stereocenters. The van der Waals surface area contributed by atoms with Crippen molar-refractivity contribution in [2.75, 3.05) is 11.9 Å². The van der Waals surface area contributed by atoms with E-state index in [-0.39, 0.29) is 17.7 Å². The van der Waals surface area contributed by atoms with E-state index in [1.54, 1.807) is 24.3 Å². The zero-order valence-electron chi connectivity index (χ0n) is 15.8. The van der Waals surface area contributed by atoms with Gasteiger partial charge in [-0.25, -0.2) is 0 Å². The van der Waals surface area contributed by atoms with Crippen molar-refractivity contribution in [2.45, 2.75) is 33.4 Å². The molecule has 1 aliphatic carbocycles. The highest BCUT2D eigenvalue weighted by atomic mass is 16.5. The maximum atomic E-state index is 12.4. The molecule has 0 aromatic heterocycles. The van der Waals surface area contributed by atoms with E-state index in [1.165, 1.54) is 0 Å². The summed E-state index contributed by atoms with van der Waals surface area (Å²) in [6.45, 7) is 5.77. The van der Waals surface area contributed by atoms with Crippen LogP contribution in [0.3, 0.4) is 0 Å². The van der Waals surface area contributed by atoms with Gasteiger partial charge in [0.1, 0.15) is 0 Å². The Bertz CT molecular complexity index is 801. The summed E-state index contributed by atoms with van der Waals surface area (Å²) in [6.07, 6.45) is 0.940. The van der Waals surface area contributed by atoms with Crippen LogP contribution in [-0.2, 0) is 22.7 Å². The number of hydrogen-bond acceptors (Lipinski definition) is 3. The van der Waals surface area contributed by atoms with E-state index in [1.807, 2.05) is 31.2 Å². The van der Waals surface area contributed by atoms with Crippen molar-refractivity contribution in [1.82, 2.24) is 5.32 Å². The highest BCUT2D eigenvalue weighted by molar-refractivity contribution is 5.98. The van der Waals surface area contributed by atoms with Crippen LogP contribution in [0.5, 0.6) is 0 Å². The van der Waals surface area contributed by atoms with E-state index in [2.05, 4.69) is 17.6 Å². The van der Waals surface area contributed by atoms with Gasteiger partial charge in [-0.15, -0.1) is 0 Å². The Morgan fingerprint density at radius 3 is 2.48 bits per heavy atom. The van der Waals surface area contributed by atoms with E-state index >= 15 is 0 Å². The molecule has 0 aliphatic heterocycles. The maximum Gasteiger partial charge on any atom is 0.251 e. The van der Waals surface area contributed by atoms with Gasteiger partial charge in [0.05, 0.1) is 6.61 Å². The molecule has 5 nitrogen and oxygen atoms in total. The normalized spacial score (nSPS) is 18.0. The molecular formula is C22H26N2O3. The molecule has 2 aromatic carbocycles. The van der Waals surface area contributed by atoms with Crippen molar-refractivity contribution in [1.29, 1.82) is 0 Å². The first-order valence-corrected chi connectivity index (χ1v) is 9.41. The first kappa shape index (κ1) is 19.1. The lowest BCUT2D eigenvalue weighted by molar-refractivity contribution is -0.117. The smallest absolute Gasteiger partial charge is 0.251 e. The van der Waals surface area contributed by atoms with Crippen LogP contribution >= 0.6 is 0 Å². The van der Waals surface area contributed by atoms with Crippen LogP contribution in [0, 0.1) is 11.8 Å². The molecule has 1 aliphatic rings. The van der Waals surface area contributed by atoms with Gasteiger partial charge in [-0.3, -0.25) is 9.59 Å². The van der Waals surface area contributed by atoms with Gasteiger partial charge in [-0.1, -0.05) is 37.3 Å². The molecule has 0 unspecified atom stereocenters. The van der Waals surface area contributed by atoms with Gasteiger partial charge in [0, 0.05) is 30.3 Å². The highest BCUT2D eigenvalue weighted by Gasteiger charge is 2.39. The quantitative estimate of drug-likeness (QED) is 0.748. The van der Waals surface area contributed by atoms with Crippen LogP contribution in [0.4, 0.5) is 5.69 Å². The Hall–Kier alpha value is -2.66. The SMILES string of the molecule is CCOCc1ccc(CNC(=O)c2cccc(NC(=O)[C@H]3C[C@H]3C)c2)cc1. The van der Waals surface area contributed by atoms with Crippen molar-refractivity contribution in [3.63, 3.8) is 0 Å². The average Bonchev–Trinajstić information content (AvgIpc) is 3.42. The third-order valence-corrected chi connectivity index (χ3v) is 4.79. The predicted molar refractivity (Wildman–Crippen MR) is 105 cm³/mol. The highest BCUT2D eigenvalue weighted by Crippen LogP contribution is 2.38. The lowest BCUT2D eigenvalue weighted by Crippen LogP contribution is -2.23. The molecule has 1 fully saturated rings. The number of nitrogens with one attached hydrogen (secondary N) is 2. The van der Waals surface area contributed by atoms with Gasteiger partial charge >= 0.3 is 0 Å². The Kier molecular flexibility index (Phi) is 6.24. The number of anilines is 1. The van der Waals surface area contributed by atoms with Crippen molar-refractivity contribution in [3.05, 3.63) is 65.2 Å². The van der Waals surface area contributed by atoms with Crippen molar-refractivity contribution in [2.24, 2.45) is 11.8 Å². The summed E-state index contributed by atoms with van der Waals surface area (Å²) in [7, 11) is 0. The Morgan fingerprint density at radius 1 is 1.11 bits per heavy atom. The van der Waals surface area contributed by atoms with Crippen LogP contribution in [-0.4, -0.2) is 18.4 Å². The fourth-order valence-electron chi connectivity index (χ4n) is 2.92. The van der Waals surface area contributed by atoms with Gasteiger partial charge in [-0.2, -0.15) is 0 Å². The third kappa shape index (κ3) is 5.41. The molecule has 2 aromatic rings. The van der Waals surface area contributed by atoms with Crippen molar-refractivity contribution >= 4 is 17.5 Å². The fourth-order valence-corrected chi connectivity index (χ4v) is 2.92. The first-order chi connectivity index (χ1) is 13.1. The summed E-state index contributed by atoms with van der Waals surface area (Å²) in [5.41, 5.74) is 3.33. The van der Waals surface area contributed by atoms with Crippen LogP contribution in [0.15, 0.2) is 48.5 Å². The van der Waals surface area contributed by atoms with Gasteiger partial charge in [0.25, 0.3) is 5.91 Å². The van der Waals surface area contributed by atoms with E-state index in [0.717, 1.165) is 17.5 Å². The zero-order chi connectivity index (χ0) is 19.2. The topological polar surface area (TPSA) is 67.4 Å². The number of benzene rings is 2. The molecule has 1 saturated carbocycles. The van der Waals surface area contributed by atoms with Gasteiger partial charge in [-0.05, 0) is 48.6 Å². The van der Waals surface area contributed by atoms with Crippen molar-refractivity contribution < 1.29 is 14.3 Å². The number of carbonyl (C=O) groups excluding carboxylic acids is 2. The summed E-state index contributed by atoms with van der Waals surface area (Å²) in [4.78, 5) is 24.5. The minimum atomic E-state index is -0.163. The number of rotatable bonds is 8. The zero-order valence-corrected chi connectivity index (χ0v) is 15.8. The summed E-state index contributed by atoms with van der Waals surface area (Å²) >= 11 is 0. The second kappa shape index (κ2) is 8.82. The molecule has 0 bridgehead atoms. The number of carbonyl (C=O) groups is 2. The number of ether oxygens (including phenoxy) is 1. The summed E-state index contributed by atoms with van der Waals surface area (Å²) in [6, 6.07) is 15.0. The predicted octanol–water partition coefficient (Wildman–Crippen LogP) is 3.75. The molecule has 5 heteroatoms. The van der Waals surface area contributed by atoms with E-state index < -0.39 is 0 Å². The molecule has 2 amide bonds. The Morgan fingerprint density at radius 2 is 1.81 bits per heavy atom. The Labute approximate surface area is 160 Å². The molecule has 0 spiro atoms. The standard InChI is InChI=1S/C22H26N2O3/c1-3-27-14-17-9-7-16(8-10-17)13-23-21(25)18-5-4-6-19(12-18)24-22(26)20-11-15(20)2/h4-10,12,15,20H,3,11,13-14H2,1-2H3,(H,23,25)(H,24,26)/t15-,20+/m1/s1. The molecule has 3 rings (SSSR count). The number of amides is 2. The molecule has 2 N–H and O–H groups in total. The van der Waals surface area contributed by atoms with Gasteiger partial charge in [0.15, 0.2) is 0 Å². The van der Waals surface area contributed by atoms with Crippen LogP contribution in [0.25, 0.3) is 0 Å². The minimum Gasteiger partial charge on any atom is -0.377 e. The maximum absolute atomic E-state index is 12.4. The summed E-state index contributed by atoms with van der Waals surface area (Å²) in [5.74, 6) is 0.432. The fraction of sp³-hybridized carbons (Fsp3) is 0.364. The summed E-state index contributed by atoms with van der Waals surface area (Å²) in [5, 5.41) is 5.81. The van der Waals surface area contributed by atoms with Crippen LogP contribution < -0.4 is 10.6 Å². The minimum absolute atomic E-state index is 0.0344. The molecule has 0 radical (unpaired) electrons. The first-order valence-electron chi connectivity index (χ1n) is 9.41. The van der Waals surface area contributed by atoms with Crippen LogP contribution in [0.2, 0.25) is 0 Å². The molecule has 0 saturated heterocycles. The molecule has 142 valence electrons. The lowest BCUT2D eigenvalue weighted by Gasteiger charge is -2.09. The van der Waals surface area contributed by atoms with E-state index in [0.29, 0.717) is 36.9 Å². The molecular weight excluding hydrogens is 340 g/mol. The Balaban J connectivity index is 1.53. The molecule has 0 heterocycles. The average molecular weight is 366 g/mol. The lowest BCUT2D eigenvalue weighted by atomic mass is 10.1. The number of hydrogen-bond donors (Lipinski definition) is 2. The summed E-state index contributed by atoms with van der Waals surface area (Å²) < 4.78 is 5.38.